The van der Waals surface area contributed by atoms with E-state index in [1.807, 2.05) is 0 Å². The third-order valence-electron chi connectivity index (χ3n) is 3.39. The van der Waals surface area contributed by atoms with Gasteiger partial charge in [-0.2, -0.15) is 0 Å². The Morgan fingerprint density at radius 2 is 1.64 bits per heavy atom. The number of benzene rings is 2. The van der Waals surface area contributed by atoms with E-state index in [4.69, 9.17) is 21.1 Å². The van der Waals surface area contributed by atoms with Crippen LogP contribution in [-0.4, -0.2) is 24.5 Å². The van der Waals surface area contributed by atoms with Gasteiger partial charge in [-0.25, -0.2) is 4.79 Å². The molecule has 0 amide bonds. The van der Waals surface area contributed by atoms with Crippen molar-refractivity contribution in [1.29, 1.82) is 0 Å². The first-order valence-corrected chi connectivity index (χ1v) is 7.25. The van der Waals surface area contributed by atoms with E-state index in [1.54, 1.807) is 48.5 Å². The molecule has 1 saturated heterocycles. The summed E-state index contributed by atoms with van der Waals surface area (Å²) in [4.78, 5) is 23.7. The average molecular weight is 317 g/mol. The van der Waals surface area contributed by atoms with Crippen LogP contribution in [0.4, 0.5) is 0 Å². The van der Waals surface area contributed by atoms with Gasteiger partial charge in [0.1, 0.15) is 5.75 Å². The minimum atomic E-state index is -0.558. The van der Waals surface area contributed by atoms with Crippen LogP contribution in [0.3, 0.4) is 0 Å². The number of hydrogen-bond donors (Lipinski definition) is 0. The average Bonchev–Trinajstić information content (AvgIpc) is 2.93. The van der Waals surface area contributed by atoms with Gasteiger partial charge in [-0.1, -0.05) is 11.6 Å². The summed E-state index contributed by atoms with van der Waals surface area (Å²) in [5, 5.41) is 0.587. The molecule has 1 aliphatic rings. The fraction of sp³-hybridized carbons (Fsp3) is 0.176. The fourth-order valence-corrected chi connectivity index (χ4v) is 2.33. The molecule has 2 aromatic carbocycles. The van der Waals surface area contributed by atoms with Crippen molar-refractivity contribution < 1.29 is 19.1 Å². The standard InChI is InChI=1S/C17H13ClO4/c18-13-5-1-11(2-6-13)16(19)12-3-7-14(8-4-12)22-15-9-10-21-17(15)20/h1-8,15H,9-10H2/t15-/m1/s1. The smallest absolute Gasteiger partial charge is 0.347 e. The minimum absolute atomic E-state index is 0.0940. The molecule has 0 aliphatic carbocycles. The molecular weight excluding hydrogens is 304 g/mol. The van der Waals surface area contributed by atoms with Crippen LogP contribution in [0.5, 0.6) is 5.75 Å². The van der Waals surface area contributed by atoms with Crippen molar-refractivity contribution in [2.24, 2.45) is 0 Å². The van der Waals surface area contributed by atoms with Crippen LogP contribution in [0.1, 0.15) is 22.3 Å². The van der Waals surface area contributed by atoms with Gasteiger partial charge >= 0.3 is 5.97 Å². The number of carbonyl (C=O) groups is 2. The lowest BCUT2D eigenvalue weighted by molar-refractivity contribution is -0.143. The Hall–Kier alpha value is -2.33. The topological polar surface area (TPSA) is 52.6 Å². The highest BCUT2D eigenvalue weighted by atomic mass is 35.5. The summed E-state index contributed by atoms with van der Waals surface area (Å²) in [6.45, 7) is 0.386. The van der Waals surface area contributed by atoms with E-state index < -0.39 is 6.10 Å². The van der Waals surface area contributed by atoms with Gasteiger partial charge in [0.05, 0.1) is 6.61 Å². The Kier molecular flexibility index (Phi) is 4.11. The van der Waals surface area contributed by atoms with Crippen LogP contribution in [-0.2, 0) is 9.53 Å². The highest BCUT2D eigenvalue weighted by molar-refractivity contribution is 6.30. The molecule has 0 bridgehead atoms. The summed E-state index contributed by atoms with van der Waals surface area (Å²) in [5.74, 6) is 0.0984. The van der Waals surface area contributed by atoms with Crippen molar-refractivity contribution >= 4 is 23.4 Å². The molecule has 22 heavy (non-hydrogen) atoms. The quantitative estimate of drug-likeness (QED) is 0.641. The first-order valence-electron chi connectivity index (χ1n) is 6.87. The highest BCUT2D eigenvalue weighted by Gasteiger charge is 2.28. The van der Waals surface area contributed by atoms with Crippen molar-refractivity contribution in [2.75, 3.05) is 6.61 Å². The van der Waals surface area contributed by atoms with Gasteiger partial charge in [0.25, 0.3) is 0 Å². The molecule has 1 heterocycles. The molecule has 1 fully saturated rings. The molecule has 5 heteroatoms. The van der Waals surface area contributed by atoms with Gasteiger partial charge in [-0.3, -0.25) is 4.79 Å². The largest absolute Gasteiger partial charge is 0.479 e. The Balaban J connectivity index is 1.72. The monoisotopic (exact) mass is 316 g/mol. The summed E-state index contributed by atoms with van der Waals surface area (Å²) < 4.78 is 10.4. The maximum Gasteiger partial charge on any atom is 0.347 e. The van der Waals surface area contributed by atoms with E-state index in [1.165, 1.54) is 0 Å². The van der Waals surface area contributed by atoms with E-state index in [0.29, 0.717) is 34.9 Å². The molecule has 2 aromatic rings. The van der Waals surface area contributed by atoms with Crippen LogP contribution in [0, 0.1) is 0 Å². The zero-order valence-corrected chi connectivity index (χ0v) is 12.4. The molecule has 1 atom stereocenters. The van der Waals surface area contributed by atoms with Gasteiger partial charge < -0.3 is 9.47 Å². The molecule has 0 N–H and O–H groups in total. The van der Waals surface area contributed by atoms with Crippen molar-refractivity contribution in [3.8, 4) is 5.75 Å². The van der Waals surface area contributed by atoms with Gasteiger partial charge in [0.2, 0.25) is 0 Å². The van der Waals surface area contributed by atoms with Crippen molar-refractivity contribution in [1.82, 2.24) is 0 Å². The second-order valence-electron chi connectivity index (χ2n) is 4.92. The van der Waals surface area contributed by atoms with E-state index >= 15 is 0 Å². The molecule has 4 nitrogen and oxygen atoms in total. The zero-order valence-electron chi connectivity index (χ0n) is 11.6. The lowest BCUT2D eigenvalue weighted by atomic mass is 10.0. The van der Waals surface area contributed by atoms with Crippen LogP contribution < -0.4 is 4.74 Å². The molecule has 0 spiro atoms. The third-order valence-corrected chi connectivity index (χ3v) is 3.64. The number of halogens is 1. The first kappa shape index (κ1) is 14.6. The molecule has 0 unspecified atom stereocenters. The Bertz CT molecular complexity index is 692. The summed E-state index contributed by atoms with van der Waals surface area (Å²) in [5.41, 5.74) is 1.11. The zero-order chi connectivity index (χ0) is 15.5. The molecule has 0 radical (unpaired) electrons. The fourth-order valence-electron chi connectivity index (χ4n) is 2.20. The Labute approximate surface area is 132 Å². The Morgan fingerprint density at radius 1 is 1.05 bits per heavy atom. The summed E-state index contributed by atoms with van der Waals surface area (Å²) >= 11 is 5.81. The van der Waals surface area contributed by atoms with E-state index in [0.717, 1.165) is 0 Å². The second-order valence-corrected chi connectivity index (χ2v) is 5.36. The third kappa shape index (κ3) is 3.12. The normalized spacial score (nSPS) is 17.1. The lowest BCUT2D eigenvalue weighted by Crippen LogP contribution is -2.21. The Morgan fingerprint density at radius 3 is 2.18 bits per heavy atom. The number of carbonyl (C=O) groups excluding carboxylic acids is 2. The molecule has 3 rings (SSSR count). The number of cyclic esters (lactones) is 1. The predicted octanol–water partition coefficient (Wildman–Crippen LogP) is 3.27. The van der Waals surface area contributed by atoms with Gasteiger partial charge in [0, 0.05) is 22.6 Å². The molecule has 1 aliphatic heterocycles. The molecule has 0 aromatic heterocycles. The van der Waals surface area contributed by atoms with E-state index in [2.05, 4.69) is 0 Å². The maximum absolute atomic E-state index is 12.3. The SMILES string of the molecule is O=C(c1ccc(Cl)cc1)c1ccc(O[C@@H]2CCOC2=O)cc1. The van der Waals surface area contributed by atoms with Gasteiger partial charge in [0.15, 0.2) is 11.9 Å². The van der Waals surface area contributed by atoms with E-state index in [-0.39, 0.29) is 11.8 Å². The molecule has 0 saturated carbocycles. The summed E-state index contributed by atoms with van der Waals surface area (Å²) in [6.07, 6.45) is -0.0117. The van der Waals surface area contributed by atoms with Crippen molar-refractivity contribution in [2.45, 2.75) is 12.5 Å². The second kappa shape index (κ2) is 6.20. The number of hydrogen-bond acceptors (Lipinski definition) is 4. The molecular formula is C17H13ClO4. The first-order chi connectivity index (χ1) is 10.6. The van der Waals surface area contributed by atoms with Crippen LogP contribution >= 0.6 is 11.6 Å². The van der Waals surface area contributed by atoms with Crippen LogP contribution in [0.15, 0.2) is 48.5 Å². The van der Waals surface area contributed by atoms with Crippen molar-refractivity contribution in [3.05, 3.63) is 64.7 Å². The number of ketones is 1. The molecule has 112 valence electrons. The minimum Gasteiger partial charge on any atom is -0.479 e. The number of ether oxygens (including phenoxy) is 2. The summed E-state index contributed by atoms with van der Waals surface area (Å²) in [7, 11) is 0. The predicted molar refractivity (Wildman–Crippen MR) is 81.3 cm³/mol. The summed E-state index contributed by atoms with van der Waals surface area (Å²) in [6, 6.07) is 13.4. The lowest BCUT2D eigenvalue weighted by Gasteiger charge is -2.10. The van der Waals surface area contributed by atoms with Crippen molar-refractivity contribution in [3.63, 3.8) is 0 Å². The van der Waals surface area contributed by atoms with Gasteiger partial charge in [-0.05, 0) is 48.5 Å². The highest BCUT2D eigenvalue weighted by Crippen LogP contribution is 2.20. The number of esters is 1. The van der Waals surface area contributed by atoms with E-state index in [9.17, 15) is 9.59 Å². The number of rotatable bonds is 4. The maximum atomic E-state index is 12.3. The van der Waals surface area contributed by atoms with Crippen LogP contribution in [0.2, 0.25) is 5.02 Å². The van der Waals surface area contributed by atoms with Gasteiger partial charge in [-0.15, -0.1) is 0 Å². The van der Waals surface area contributed by atoms with Crippen LogP contribution in [0.25, 0.3) is 0 Å².